The molecule has 0 radical (unpaired) electrons. The Morgan fingerprint density at radius 3 is 2.62 bits per heavy atom. The quantitative estimate of drug-likeness (QED) is 0.366. The lowest BCUT2D eigenvalue weighted by molar-refractivity contribution is -0.127. The van der Waals surface area contributed by atoms with E-state index in [2.05, 4.69) is 21.2 Å². The van der Waals surface area contributed by atoms with Crippen molar-refractivity contribution in [2.75, 3.05) is 23.4 Å². The van der Waals surface area contributed by atoms with Crippen LogP contribution in [0.15, 0.2) is 34.1 Å². The van der Waals surface area contributed by atoms with Crippen LogP contribution < -0.4 is 5.32 Å². The highest BCUT2D eigenvalue weighted by molar-refractivity contribution is 9.09. The fourth-order valence-corrected chi connectivity index (χ4v) is 6.12. The molecule has 26 heavy (non-hydrogen) atoms. The molecule has 2 rings (SSSR count). The average Bonchev–Trinajstić information content (AvgIpc) is 2.65. The summed E-state index contributed by atoms with van der Waals surface area (Å²) in [5, 5.41) is 12.1. The van der Waals surface area contributed by atoms with Crippen LogP contribution in [0.4, 0.5) is 0 Å². The van der Waals surface area contributed by atoms with Gasteiger partial charge in [-0.1, -0.05) is 28.8 Å². The smallest absolute Gasteiger partial charge is 0.224 e. The highest BCUT2D eigenvalue weighted by atomic mass is 79.9. The minimum absolute atomic E-state index is 0.0223. The minimum atomic E-state index is -3.45. The molecule has 5 nitrogen and oxygen atoms in total. The molecule has 0 aromatic heterocycles. The molecular formula is C18H23BrN2O3S2. The van der Waals surface area contributed by atoms with Crippen molar-refractivity contribution in [1.29, 1.82) is 5.26 Å². The summed E-state index contributed by atoms with van der Waals surface area (Å²) >= 11 is 5.04. The van der Waals surface area contributed by atoms with E-state index in [9.17, 15) is 13.2 Å². The number of rotatable bonds is 8. The molecule has 1 amide bonds. The molecule has 0 saturated heterocycles. The van der Waals surface area contributed by atoms with Crippen LogP contribution in [0.25, 0.3) is 0 Å². The van der Waals surface area contributed by atoms with E-state index in [0.717, 1.165) is 35.2 Å². The van der Waals surface area contributed by atoms with E-state index in [0.29, 0.717) is 11.3 Å². The zero-order valence-electron chi connectivity index (χ0n) is 14.5. The van der Waals surface area contributed by atoms with Gasteiger partial charge in [-0.2, -0.15) is 5.26 Å². The average molecular weight is 459 g/mol. The number of nitrogens with zero attached hydrogens (tertiary/aromatic N) is 1. The zero-order valence-corrected chi connectivity index (χ0v) is 17.7. The molecule has 1 aromatic carbocycles. The van der Waals surface area contributed by atoms with E-state index in [1.54, 1.807) is 23.9 Å². The summed E-state index contributed by atoms with van der Waals surface area (Å²) < 4.78 is 25.6. The molecular weight excluding hydrogens is 436 g/mol. The van der Waals surface area contributed by atoms with Crippen molar-refractivity contribution in [2.24, 2.45) is 11.8 Å². The Bertz CT molecular complexity index is 745. The molecule has 1 aromatic rings. The van der Waals surface area contributed by atoms with Gasteiger partial charge in [0.2, 0.25) is 5.91 Å². The molecule has 8 heteroatoms. The van der Waals surface area contributed by atoms with Gasteiger partial charge in [0.15, 0.2) is 9.84 Å². The third-order valence-electron chi connectivity index (χ3n) is 4.55. The molecule has 1 aliphatic rings. The second-order valence-electron chi connectivity index (χ2n) is 6.32. The van der Waals surface area contributed by atoms with Crippen LogP contribution in [0.1, 0.15) is 25.7 Å². The Kier molecular flexibility index (Phi) is 8.45. The van der Waals surface area contributed by atoms with Crippen molar-refractivity contribution < 1.29 is 13.2 Å². The van der Waals surface area contributed by atoms with Gasteiger partial charge in [0.25, 0.3) is 0 Å². The van der Waals surface area contributed by atoms with Crippen LogP contribution in [0.2, 0.25) is 0 Å². The van der Waals surface area contributed by atoms with Gasteiger partial charge >= 0.3 is 0 Å². The molecule has 1 saturated carbocycles. The van der Waals surface area contributed by atoms with Crippen LogP contribution in [0, 0.1) is 23.2 Å². The number of thioether (sulfide) groups is 1. The monoisotopic (exact) mass is 458 g/mol. The number of nitrogens with one attached hydrogen (secondary N) is 1. The zero-order chi connectivity index (χ0) is 19.0. The molecule has 1 aliphatic carbocycles. The van der Waals surface area contributed by atoms with E-state index in [4.69, 9.17) is 5.26 Å². The maximum absolute atomic E-state index is 12.8. The summed E-state index contributed by atoms with van der Waals surface area (Å²) in [7, 11) is -3.45. The van der Waals surface area contributed by atoms with Gasteiger partial charge in [-0.15, -0.1) is 11.8 Å². The Hall–Kier alpha value is -1.04. The number of benzene rings is 1. The van der Waals surface area contributed by atoms with Crippen molar-refractivity contribution in [3.8, 4) is 6.07 Å². The lowest BCUT2D eigenvalue weighted by Gasteiger charge is -2.30. The van der Waals surface area contributed by atoms with Gasteiger partial charge in [-0.05, 0) is 43.0 Å². The first kappa shape index (κ1) is 21.3. The number of halogens is 1. The van der Waals surface area contributed by atoms with Crippen LogP contribution >= 0.6 is 27.7 Å². The molecule has 142 valence electrons. The second kappa shape index (κ2) is 10.3. The number of hydrogen-bond acceptors (Lipinski definition) is 5. The highest BCUT2D eigenvalue weighted by Crippen LogP contribution is 2.33. The van der Waals surface area contributed by atoms with E-state index < -0.39 is 9.84 Å². The third-order valence-corrected chi connectivity index (χ3v) is 8.34. The molecule has 1 fully saturated rings. The largest absolute Gasteiger partial charge is 0.343 e. The first-order valence-corrected chi connectivity index (χ1v) is 12.4. The van der Waals surface area contributed by atoms with Crippen molar-refractivity contribution in [2.45, 2.75) is 35.5 Å². The van der Waals surface area contributed by atoms with Crippen molar-refractivity contribution in [3.05, 3.63) is 24.3 Å². The maximum Gasteiger partial charge on any atom is 0.224 e. The Labute approximate surface area is 168 Å². The van der Waals surface area contributed by atoms with Crippen LogP contribution in [-0.4, -0.2) is 37.7 Å². The first-order chi connectivity index (χ1) is 12.5. The molecule has 2 atom stereocenters. The predicted molar refractivity (Wildman–Crippen MR) is 107 cm³/mol. The number of alkyl halides is 1. The lowest BCUT2D eigenvalue weighted by atomic mass is 9.80. The van der Waals surface area contributed by atoms with Gasteiger partial charge in [-0.25, -0.2) is 8.42 Å². The summed E-state index contributed by atoms with van der Waals surface area (Å²) in [5.41, 5.74) is 0. The van der Waals surface area contributed by atoms with Crippen molar-refractivity contribution >= 4 is 43.4 Å². The number of carbonyl (C=O) groups excluding carboxylic acids is 1. The van der Waals surface area contributed by atoms with Crippen molar-refractivity contribution in [3.63, 3.8) is 0 Å². The van der Waals surface area contributed by atoms with Gasteiger partial charge in [0.05, 0.1) is 16.7 Å². The number of nitriles is 1. The first-order valence-electron chi connectivity index (χ1n) is 8.64. The topological polar surface area (TPSA) is 87.0 Å². The summed E-state index contributed by atoms with van der Waals surface area (Å²) in [6.45, 7) is -0.0394. The molecule has 0 heterocycles. The van der Waals surface area contributed by atoms with Crippen LogP contribution in [0.5, 0.6) is 0 Å². The Balaban J connectivity index is 2.08. The highest BCUT2D eigenvalue weighted by Gasteiger charge is 2.34. The van der Waals surface area contributed by atoms with E-state index in [1.807, 2.05) is 18.2 Å². The van der Waals surface area contributed by atoms with Crippen LogP contribution in [0.3, 0.4) is 0 Å². The SMILES string of the molecule is N#CCNC(=O)[C@@H]1CCCC[C@H]1CS(=O)(=O)c1ccc(SCCBr)cc1. The maximum atomic E-state index is 12.8. The number of carbonyl (C=O) groups is 1. The predicted octanol–water partition coefficient (Wildman–Crippen LogP) is 3.39. The fraction of sp³-hybridized carbons (Fsp3) is 0.556. The molecule has 1 N–H and O–H groups in total. The minimum Gasteiger partial charge on any atom is -0.343 e. The summed E-state index contributed by atoms with van der Waals surface area (Å²) in [6.07, 6.45) is 3.26. The fourth-order valence-electron chi connectivity index (χ4n) is 3.29. The third kappa shape index (κ3) is 6.00. The van der Waals surface area contributed by atoms with Gasteiger partial charge < -0.3 is 5.32 Å². The van der Waals surface area contributed by atoms with Gasteiger partial charge in [0, 0.05) is 21.9 Å². The van der Waals surface area contributed by atoms with Gasteiger partial charge in [-0.3, -0.25) is 4.79 Å². The normalized spacial score (nSPS) is 20.3. The number of amides is 1. The molecule has 0 unspecified atom stereocenters. The van der Waals surface area contributed by atoms with E-state index in [-0.39, 0.29) is 30.0 Å². The van der Waals surface area contributed by atoms with Gasteiger partial charge in [0.1, 0.15) is 6.54 Å². The molecule has 0 aliphatic heterocycles. The van der Waals surface area contributed by atoms with Crippen molar-refractivity contribution in [1.82, 2.24) is 5.32 Å². The van der Waals surface area contributed by atoms with E-state index in [1.165, 1.54) is 0 Å². The Morgan fingerprint density at radius 1 is 1.27 bits per heavy atom. The van der Waals surface area contributed by atoms with Crippen LogP contribution in [-0.2, 0) is 14.6 Å². The second-order valence-corrected chi connectivity index (χ2v) is 10.3. The Morgan fingerprint density at radius 2 is 1.96 bits per heavy atom. The summed E-state index contributed by atoms with van der Waals surface area (Å²) in [6, 6.07) is 8.86. The number of sulfone groups is 1. The molecule has 0 spiro atoms. The number of hydrogen-bond donors (Lipinski definition) is 1. The molecule has 0 bridgehead atoms. The van der Waals surface area contributed by atoms with E-state index >= 15 is 0 Å². The summed E-state index contributed by atoms with van der Waals surface area (Å²) in [4.78, 5) is 13.6. The summed E-state index contributed by atoms with van der Waals surface area (Å²) in [5.74, 6) is 0.169. The standard InChI is InChI=1S/C18H23BrN2O3S2/c19-9-12-25-15-5-7-16(8-6-15)26(23,24)13-14-3-1-2-4-17(14)18(22)21-11-10-20/h5-8,14,17H,1-4,9,11-13H2,(H,21,22)/t14-,17+/m0/s1. The lowest BCUT2D eigenvalue weighted by Crippen LogP contribution is -2.39.